The van der Waals surface area contributed by atoms with Crippen LogP contribution < -0.4 is 13.9 Å². The number of benzene rings is 1. The molecule has 1 aromatic carbocycles. The minimum Gasteiger partial charge on any atom is -0.371 e. The maximum atomic E-state index is 12.4. The molecule has 5 nitrogen and oxygen atoms in total. The first kappa shape index (κ1) is 14.7. The molecule has 2 aliphatic rings. The van der Waals surface area contributed by atoms with Gasteiger partial charge in [-0.15, -0.1) is 0 Å². The van der Waals surface area contributed by atoms with Crippen molar-refractivity contribution in [2.24, 2.45) is 0 Å². The molecular formula is C15H23N3O2S. The molecule has 0 saturated carbocycles. The summed E-state index contributed by atoms with van der Waals surface area (Å²) in [5, 5.41) is 0. The van der Waals surface area contributed by atoms with E-state index in [9.17, 15) is 8.42 Å². The molecule has 1 aromatic rings. The summed E-state index contributed by atoms with van der Waals surface area (Å²) in [6.07, 6.45) is 4.03. The zero-order valence-corrected chi connectivity index (χ0v) is 13.3. The largest absolute Gasteiger partial charge is 0.371 e. The molecule has 0 spiro atoms. The molecule has 0 aromatic heterocycles. The number of nitrogens with zero attached hydrogens (tertiary/aromatic N) is 2. The van der Waals surface area contributed by atoms with Crippen molar-refractivity contribution in [3.63, 3.8) is 0 Å². The summed E-state index contributed by atoms with van der Waals surface area (Å²) in [5.41, 5.74) is 3.12. The second kappa shape index (κ2) is 5.85. The van der Waals surface area contributed by atoms with Gasteiger partial charge in [-0.1, -0.05) is 13.0 Å². The van der Waals surface area contributed by atoms with Crippen LogP contribution in [0.2, 0.25) is 0 Å². The number of fused-ring (bicyclic) bond motifs is 1. The molecule has 0 aliphatic carbocycles. The molecule has 0 bridgehead atoms. The van der Waals surface area contributed by atoms with Crippen LogP contribution in [0, 0.1) is 0 Å². The Morgan fingerprint density at radius 2 is 1.95 bits per heavy atom. The zero-order valence-electron chi connectivity index (χ0n) is 12.5. The molecule has 116 valence electrons. The number of anilines is 2. The van der Waals surface area contributed by atoms with E-state index in [0.29, 0.717) is 13.1 Å². The van der Waals surface area contributed by atoms with E-state index in [0.717, 1.165) is 42.9 Å². The van der Waals surface area contributed by atoms with E-state index in [1.807, 2.05) is 13.0 Å². The van der Waals surface area contributed by atoms with E-state index < -0.39 is 10.2 Å². The van der Waals surface area contributed by atoms with E-state index >= 15 is 0 Å². The zero-order chi connectivity index (χ0) is 14.9. The average Bonchev–Trinajstić information content (AvgIpc) is 3.13. The lowest BCUT2D eigenvalue weighted by Gasteiger charge is -2.23. The highest BCUT2D eigenvalue weighted by molar-refractivity contribution is 7.90. The van der Waals surface area contributed by atoms with Gasteiger partial charge in [0.1, 0.15) is 0 Å². The normalized spacial score (nSPS) is 18.3. The second-order valence-corrected chi connectivity index (χ2v) is 7.41. The van der Waals surface area contributed by atoms with Crippen molar-refractivity contribution in [3.8, 4) is 0 Å². The van der Waals surface area contributed by atoms with Gasteiger partial charge in [0.15, 0.2) is 0 Å². The first-order chi connectivity index (χ1) is 10.1. The molecule has 0 unspecified atom stereocenters. The quantitative estimate of drug-likeness (QED) is 0.904. The van der Waals surface area contributed by atoms with Crippen LogP contribution in [-0.4, -0.2) is 34.6 Å². The summed E-state index contributed by atoms with van der Waals surface area (Å²) in [7, 11) is -3.41. The number of nitrogens with one attached hydrogen (secondary N) is 1. The molecule has 2 aliphatic heterocycles. The fourth-order valence-electron chi connectivity index (χ4n) is 3.07. The molecule has 1 saturated heterocycles. The third-order valence-electron chi connectivity index (χ3n) is 4.22. The van der Waals surface area contributed by atoms with Crippen molar-refractivity contribution >= 4 is 21.6 Å². The Bertz CT molecular complexity index is 609. The average molecular weight is 309 g/mol. The van der Waals surface area contributed by atoms with Crippen LogP contribution in [0.25, 0.3) is 0 Å². The highest BCUT2D eigenvalue weighted by atomic mass is 32.2. The van der Waals surface area contributed by atoms with Gasteiger partial charge in [-0.05, 0) is 43.4 Å². The van der Waals surface area contributed by atoms with E-state index in [4.69, 9.17) is 0 Å². The Kier molecular flexibility index (Phi) is 4.08. The van der Waals surface area contributed by atoms with Crippen molar-refractivity contribution in [3.05, 3.63) is 23.8 Å². The maximum absolute atomic E-state index is 12.4. The molecule has 3 rings (SSSR count). The SMILES string of the molecule is CCCNS(=O)(=O)N1CCc2ccc(N3CCCC3)cc21. The summed E-state index contributed by atoms with van der Waals surface area (Å²) in [6.45, 7) is 5.13. The Balaban J connectivity index is 1.88. The minimum atomic E-state index is -3.41. The topological polar surface area (TPSA) is 52.7 Å². The Labute approximate surface area is 127 Å². The third kappa shape index (κ3) is 2.87. The fraction of sp³-hybridized carbons (Fsp3) is 0.600. The molecule has 2 heterocycles. The summed E-state index contributed by atoms with van der Waals surface area (Å²) < 4.78 is 29.0. The third-order valence-corrected chi connectivity index (χ3v) is 5.75. The van der Waals surface area contributed by atoms with Crippen LogP contribution in [-0.2, 0) is 16.6 Å². The van der Waals surface area contributed by atoms with Gasteiger partial charge in [-0.3, -0.25) is 4.31 Å². The van der Waals surface area contributed by atoms with E-state index in [2.05, 4.69) is 21.8 Å². The van der Waals surface area contributed by atoms with Gasteiger partial charge in [-0.25, -0.2) is 0 Å². The second-order valence-electron chi connectivity index (χ2n) is 5.73. The molecular weight excluding hydrogens is 286 g/mol. The maximum Gasteiger partial charge on any atom is 0.301 e. The van der Waals surface area contributed by atoms with Gasteiger partial charge in [0.25, 0.3) is 0 Å². The minimum absolute atomic E-state index is 0.486. The molecule has 0 radical (unpaired) electrons. The van der Waals surface area contributed by atoms with Crippen molar-refractivity contribution in [2.45, 2.75) is 32.6 Å². The van der Waals surface area contributed by atoms with Crippen LogP contribution in [0.3, 0.4) is 0 Å². The Morgan fingerprint density at radius 3 is 2.67 bits per heavy atom. The number of rotatable bonds is 5. The van der Waals surface area contributed by atoms with Gasteiger partial charge in [0.2, 0.25) is 0 Å². The van der Waals surface area contributed by atoms with Crippen LogP contribution in [0.15, 0.2) is 18.2 Å². The summed E-state index contributed by atoms with van der Waals surface area (Å²) in [5.74, 6) is 0. The van der Waals surface area contributed by atoms with Crippen molar-refractivity contribution in [2.75, 3.05) is 35.4 Å². The van der Waals surface area contributed by atoms with Gasteiger partial charge in [-0.2, -0.15) is 13.1 Å². The monoisotopic (exact) mass is 309 g/mol. The lowest BCUT2D eigenvalue weighted by atomic mass is 10.1. The summed E-state index contributed by atoms with van der Waals surface area (Å²) in [6, 6.07) is 6.25. The van der Waals surface area contributed by atoms with E-state index in [-0.39, 0.29) is 0 Å². The highest BCUT2D eigenvalue weighted by Crippen LogP contribution is 2.34. The standard InChI is InChI=1S/C15H23N3O2S/c1-2-8-16-21(19,20)18-11-7-13-5-6-14(12-15(13)18)17-9-3-4-10-17/h5-6,12,16H,2-4,7-11H2,1H3. The van der Waals surface area contributed by atoms with Crippen LogP contribution >= 0.6 is 0 Å². The Hall–Kier alpha value is -1.27. The van der Waals surface area contributed by atoms with Crippen molar-refractivity contribution in [1.29, 1.82) is 0 Å². The predicted octanol–water partition coefficient (Wildman–Crippen LogP) is 1.89. The highest BCUT2D eigenvalue weighted by Gasteiger charge is 2.29. The van der Waals surface area contributed by atoms with Gasteiger partial charge in [0, 0.05) is 31.9 Å². The smallest absolute Gasteiger partial charge is 0.301 e. The van der Waals surface area contributed by atoms with Crippen molar-refractivity contribution < 1.29 is 8.42 Å². The van der Waals surface area contributed by atoms with Crippen LogP contribution in [0.4, 0.5) is 11.4 Å². The van der Waals surface area contributed by atoms with E-state index in [1.54, 1.807) is 0 Å². The molecule has 0 amide bonds. The summed E-state index contributed by atoms with van der Waals surface area (Å²) in [4.78, 5) is 2.34. The molecule has 1 fully saturated rings. The van der Waals surface area contributed by atoms with Crippen LogP contribution in [0.1, 0.15) is 31.7 Å². The molecule has 1 N–H and O–H groups in total. The number of hydrogen-bond donors (Lipinski definition) is 1. The van der Waals surface area contributed by atoms with E-state index in [1.165, 1.54) is 17.1 Å². The van der Waals surface area contributed by atoms with Crippen molar-refractivity contribution in [1.82, 2.24) is 4.72 Å². The van der Waals surface area contributed by atoms with Gasteiger partial charge >= 0.3 is 10.2 Å². The Morgan fingerprint density at radius 1 is 1.19 bits per heavy atom. The van der Waals surface area contributed by atoms with Crippen LogP contribution in [0.5, 0.6) is 0 Å². The first-order valence-corrected chi connectivity index (χ1v) is 9.21. The molecule has 21 heavy (non-hydrogen) atoms. The predicted molar refractivity (Wildman–Crippen MR) is 86.2 cm³/mol. The lowest BCUT2D eigenvalue weighted by molar-refractivity contribution is 0.577. The fourth-order valence-corrected chi connectivity index (χ4v) is 4.45. The number of hydrogen-bond acceptors (Lipinski definition) is 3. The molecule has 6 heteroatoms. The first-order valence-electron chi connectivity index (χ1n) is 7.77. The van der Waals surface area contributed by atoms with Gasteiger partial charge < -0.3 is 4.90 Å². The summed E-state index contributed by atoms with van der Waals surface area (Å²) >= 11 is 0. The lowest BCUT2D eigenvalue weighted by Crippen LogP contribution is -2.40. The van der Waals surface area contributed by atoms with Gasteiger partial charge in [0.05, 0.1) is 5.69 Å². The molecule has 0 atom stereocenters.